The van der Waals surface area contributed by atoms with Crippen LogP contribution in [0.5, 0.6) is 5.75 Å². The van der Waals surface area contributed by atoms with Gasteiger partial charge in [0.15, 0.2) is 0 Å². The third-order valence-corrected chi connectivity index (χ3v) is 2.22. The standard InChI is InChI=1S/C11H12N2O/c1-7-3-4-8-5-11(14)10(12-2)6-9(8)13-7/h3-6,12,14H,1-2H3. The molecular formula is C11H12N2O. The lowest BCUT2D eigenvalue weighted by molar-refractivity contribution is 0.478. The average molecular weight is 188 g/mol. The van der Waals surface area contributed by atoms with Gasteiger partial charge in [-0.05, 0) is 25.1 Å². The number of anilines is 1. The van der Waals surface area contributed by atoms with Gasteiger partial charge in [-0.3, -0.25) is 4.98 Å². The van der Waals surface area contributed by atoms with Crippen molar-refractivity contribution in [1.29, 1.82) is 0 Å². The van der Waals surface area contributed by atoms with Crippen LogP contribution in [0.2, 0.25) is 0 Å². The smallest absolute Gasteiger partial charge is 0.139 e. The molecule has 3 nitrogen and oxygen atoms in total. The van der Waals surface area contributed by atoms with Crippen molar-refractivity contribution in [2.45, 2.75) is 6.92 Å². The van der Waals surface area contributed by atoms with E-state index >= 15 is 0 Å². The number of rotatable bonds is 1. The SMILES string of the molecule is CNc1cc2nc(C)ccc2cc1O. The predicted molar refractivity (Wildman–Crippen MR) is 57.7 cm³/mol. The highest BCUT2D eigenvalue weighted by molar-refractivity contribution is 5.85. The van der Waals surface area contributed by atoms with E-state index in [1.165, 1.54) is 0 Å². The number of hydrogen-bond acceptors (Lipinski definition) is 3. The third kappa shape index (κ3) is 1.37. The number of phenolic OH excluding ortho intramolecular Hbond substituents is 1. The highest BCUT2D eigenvalue weighted by Crippen LogP contribution is 2.27. The third-order valence-electron chi connectivity index (χ3n) is 2.22. The fraction of sp³-hybridized carbons (Fsp3) is 0.182. The van der Waals surface area contributed by atoms with Crippen molar-refractivity contribution < 1.29 is 5.11 Å². The van der Waals surface area contributed by atoms with E-state index in [2.05, 4.69) is 10.3 Å². The lowest BCUT2D eigenvalue weighted by Crippen LogP contribution is -1.90. The van der Waals surface area contributed by atoms with Gasteiger partial charge < -0.3 is 10.4 Å². The average Bonchev–Trinajstić information content (AvgIpc) is 2.17. The van der Waals surface area contributed by atoms with Gasteiger partial charge in [-0.1, -0.05) is 6.07 Å². The first-order chi connectivity index (χ1) is 6.70. The molecule has 1 aromatic carbocycles. The van der Waals surface area contributed by atoms with Crippen LogP contribution in [-0.2, 0) is 0 Å². The number of nitrogens with one attached hydrogen (secondary N) is 1. The van der Waals surface area contributed by atoms with Crippen LogP contribution in [0.1, 0.15) is 5.69 Å². The molecule has 0 saturated heterocycles. The van der Waals surface area contributed by atoms with E-state index in [1.54, 1.807) is 13.1 Å². The molecule has 1 heterocycles. The van der Waals surface area contributed by atoms with Gasteiger partial charge in [-0.2, -0.15) is 0 Å². The molecule has 14 heavy (non-hydrogen) atoms. The molecule has 0 aliphatic carbocycles. The summed E-state index contributed by atoms with van der Waals surface area (Å²) in [5.41, 5.74) is 2.58. The Morgan fingerprint density at radius 3 is 2.79 bits per heavy atom. The minimum atomic E-state index is 0.255. The minimum absolute atomic E-state index is 0.255. The summed E-state index contributed by atoms with van der Waals surface area (Å²) >= 11 is 0. The summed E-state index contributed by atoms with van der Waals surface area (Å²) in [6, 6.07) is 7.45. The fourth-order valence-corrected chi connectivity index (χ4v) is 1.46. The van der Waals surface area contributed by atoms with E-state index in [9.17, 15) is 5.11 Å². The summed E-state index contributed by atoms with van der Waals surface area (Å²) in [4.78, 5) is 4.37. The van der Waals surface area contributed by atoms with E-state index in [4.69, 9.17) is 0 Å². The first kappa shape index (κ1) is 8.81. The van der Waals surface area contributed by atoms with Crippen LogP contribution in [-0.4, -0.2) is 17.1 Å². The Balaban J connectivity index is 2.73. The lowest BCUT2D eigenvalue weighted by atomic mass is 10.1. The summed E-state index contributed by atoms with van der Waals surface area (Å²) in [7, 11) is 1.77. The molecule has 0 spiro atoms. The number of nitrogens with zero attached hydrogens (tertiary/aromatic N) is 1. The molecule has 0 atom stereocenters. The van der Waals surface area contributed by atoms with Gasteiger partial charge in [-0.15, -0.1) is 0 Å². The molecule has 0 bridgehead atoms. The second-order valence-electron chi connectivity index (χ2n) is 3.26. The lowest BCUT2D eigenvalue weighted by Gasteiger charge is -2.05. The molecule has 0 fully saturated rings. The highest BCUT2D eigenvalue weighted by Gasteiger charge is 2.02. The highest BCUT2D eigenvalue weighted by atomic mass is 16.3. The number of hydrogen-bond donors (Lipinski definition) is 2. The van der Waals surface area contributed by atoms with Crippen molar-refractivity contribution in [3.8, 4) is 5.75 Å². The van der Waals surface area contributed by atoms with Crippen molar-refractivity contribution in [1.82, 2.24) is 4.98 Å². The molecule has 1 aromatic heterocycles. The Kier molecular flexibility index (Phi) is 2.00. The monoisotopic (exact) mass is 188 g/mol. The second kappa shape index (κ2) is 3.18. The van der Waals surface area contributed by atoms with Gasteiger partial charge in [0.1, 0.15) is 5.75 Å². The van der Waals surface area contributed by atoms with E-state index in [-0.39, 0.29) is 5.75 Å². The molecule has 0 aliphatic heterocycles. The zero-order valence-electron chi connectivity index (χ0n) is 8.20. The Morgan fingerprint density at radius 2 is 2.07 bits per heavy atom. The molecule has 2 aromatic rings. The van der Waals surface area contributed by atoms with Crippen LogP contribution in [0.25, 0.3) is 10.9 Å². The zero-order chi connectivity index (χ0) is 10.1. The van der Waals surface area contributed by atoms with E-state index < -0.39 is 0 Å². The molecule has 0 amide bonds. The molecule has 0 aliphatic rings. The normalized spacial score (nSPS) is 10.4. The van der Waals surface area contributed by atoms with E-state index in [0.29, 0.717) is 5.69 Å². The maximum atomic E-state index is 9.59. The summed E-state index contributed by atoms with van der Waals surface area (Å²) in [5.74, 6) is 0.255. The maximum absolute atomic E-state index is 9.59. The number of aryl methyl sites for hydroxylation is 1. The molecule has 72 valence electrons. The molecule has 3 heteroatoms. The Hall–Kier alpha value is -1.77. The van der Waals surface area contributed by atoms with Crippen LogP contribution in [0.15, 0.2) is 24.3 Å². The molecule has 0 radical (unpaired) electrons. The van der Waals surface area contributed by atoms with Crippen molar-refractivity contribution in [2.24, 2.45) is 0 Å². The van der Waals surface area contributed by atoms with E-state index in [0.717, 1.165) is 16.6 Å². The maximum Gasteiger partial charge on any atom is 0.139 e. The van der Waals surface area contributed by atoms with Crippen molar-refractivity contribution in [3.63, 3.8) is 0 Å². The van der Waals surface area contributed by atoms with Gasteiger partial charge in [0.25, 0.3) is 0 Å². The minimum Gasteiger partial charge on any atom is -0.506 e. The fourth-order valence-electron chi connectivity index (χ4n) is 1.46. The first-order valence-corrected chi connectivity index (χ1v) is 4.49. The molecular weight excluding hydrogens is 176 g/mol. The topological polar surface area (TPSA) is 45.2 Å². The second-order valence-corrected chi connectivity index (χ2v) is 3.26. The number of fused-ring (bicyclic) bond motifs is 1. The van der Waals surface area contributed by atoms with Gasteiger partial charge in [0.2, 0.25) is 0 Å². The van der Waals surface area contributed by atoms with Crippen LogP contribution in [0.4, 0.5) is 5.69 Å². The number of benzene rings is 1. The molecule has 2 N–H and O–H groups in total. The Morgan fingerprint density at radius 1 is 1.29 bits per heavy atom. The molecule has 0 saturated carbocycles. The zero-order valence-corrected chi connectivity index (χ0v) is 8.20. The van der Waals surface area contributed by atoms with Gasteiger partial charge in [-0.25, -0.2) is 0 Å². The number of aromatic nitrogens is 1. The number of phenols is 1. The van der Waals surface area contributed by atoms with Gasteiger partial charge >= 0.3 is 0 Å². The summed E-state index contributed by atoms with van der Waals surface area (Å²) < 4.78 is 0. The predicted octanol–water partition coefficient (Wildman–Crippen LogP) is 2.29. The van der Waals surface area contributed by atoms with Crippen LogP contribution in [0, 0.1) is 6.92 Å². The van der Waals surface area contributed by atoms with E-state index in [1.807, 2.05) is 25.1 Å². The first-order valence-electron chi connectivity index (χ1n) is 4.49. The summed E-state index contributed by atoms with van der Waals surface area (Å²) in [6.45, 7) is 1.95. The summed E-state index contributed by atoms with van der Waals surface area (Å²) in [6.07, 6.45) is 0. The van der Waals surface area contributed by atoms with Gasteiger partial charge in [0, 0.05) is 18.1 Å². The number of aromatic hydroxyl groups is 1. The van der Waals surface area contributed by atoms with Crippen molar-refractivity contribution in [3.05, 3.63) is 30.0 Å². The Bertz CT molecular complexity index is 480. The van der Waals surface area contributed by atoms with Crippen LogP contribution < -0.4 is 5.32 Å². The van der Waals surface area contributed by atoms with Crippen molar-refractivity contribution in [2.75, 3.05) is 12.4 Å². The van der Waals surface area contributed by atoms with Crippen LogP contribution in [0.3, 0.4) is 0 Å². The van der Waals surface area contributed by atoms with Gasteiger partial charge in [0.05, 0.1) is 11.2 Å². The largest absolute Gasteiger partial charge is 0.506 e. The number of pyridine rings is 1. The van der Waals surface area contributed by atoms with Crippen LogP contribution >= 0.6 is 0 Å². The molecule has 2 rings (SSSR count). The van der Waals surface area contributed by atoms with Crippen molar-refractivity contribution >= 4 is 16.6 Å². The quantitative estimate of drug-likeness (QED) is 0.675. The Labute approximate surface area is 82.4 Å². The summed E-state index contributed by atoms with van der Waals surface area (Å²) in [5, 5.41) is 13.5. The molecule has 0 unspecified atom stereocenters.